The van der Waals surface area contributed by atoms with Crippen LogP contribution < -0.4 is 5.32 Å². The van der Waals surface area contributed by atoms with Gasteiger partial charge in [-0.1, -0.05) is 0 Å². The molecular formula is C12H14N4O. The van der Waals surface area contributed by atoms with Crippen molar-refractivity contribution in [2.45, 2.75) is 19.9 Å². The summed E-state index contributed by atoms with van der Waals surface area (Å²) in [4.78, 5) is 15.6. The lowest BCUT2D eigenvalue weighted by Gasteiger charge is -2.04. The zero-order chi connectivity index (χ0) is 12.1. The molecule has 17 heavy (non-hydrogen) atoms. The monoisotopic (exact) mass is 230 g/mol. The summed E-state index contributed by atoms with van der Waals surface area (Å²) >= 11 is 0. The topological polar surface area (TPSA) is 70.7 Å². The van der Waals surface area contributed by atoms with Crippen LogP contribution in [0.1, 0.15) is 16.8 Å². The molecule has 5 heteroatoms. The molecule has 0 spiro atoms. The van der Waals surface area contributed by atoms with Crippen LogP contribution in [0.4, 0.5) is 0 Å². The molecule has 0 unspecified atom stereocenters. The average Bonchev–Trinajstić information content (AvgIpc) is 2.74. The molecule has 2 heterocycles. The summed E-state index contributed by atoms with van der Waals surface area (Å²) in [5.41, 5.74) is 2.95. The summed E-state index contributed by atoms with van der Waals surface area (Å²) < 4.78 is 0. The molecule has 0 aliphatic rings. The lowest BCUT2D eigenvalue weighted by atomic mass is 10.2. The predicted molar refractivity (Wildman–Crippen MR) is 63.1 cm³/mol. The van der Waals surface area contributed by atoms with Crippen LogP contribution in [-0.4, -0.2) is 21.1 Å². The second-order valence-electron chi connectivity index (χ2n) is 3.83. The number of amides is 1. The van der Waals surface area contributed by atoms with E-state index in [0.29, 0.717) is 13.0 Å². The van der Waals surface area contributed by atoms with Gasteiger partial charge in [0.25, 0.3) is 0 Å². The van der Waals surface area contributed by atoms with Crippen molar-refractivity contribution in [3.05, 3.63) is 47.5 Å². The van der Waals surface area contributed by atoms with Crippen LogP contribution in [0, 0.1) is 6.92 Å². The molecule has 1 amide bonds. The van der Waals surface area contributed by atoms with Crippen LogP contribution in [0.5, 0.6) is 0 Å². The number of H-pyrrole nitrogens is 1. The minimum atomic E-state index is -0.00296. The summed E-state index contributed by atoms with van der Waals surface area (Å²) in [7, 11) is 0. The van der Waals surface area contributed by atoms with Crippen molar-refractivity contribution in [3.63, 3.8) is 0 Å². The number of hydrogen-bond donors (Lipinski definition) is 2. The molecule has 0 saturated heterocycles. The smallest absolute Gasteiger partial charge is 0.224 e. The number of hydrogen-bond acceptors (Lipinski definition) is 3. The Morgan fingerprint density at radius 1 is 1.41 bits per heavy atom. The number of aryl methyl sites for hydroxylation is 1. The number of aromatic nitrogens is 3. The zero-order valence-corrected chi connectivity index (χ0v) is 9.60. The number of aromatic amines is 1. The molecule has 0 bridgehead atoms. The van der Waals surface area contributed by atoms with Crippen molar-refractivity contribution in [2.75, 3.05) is 0 Å². The summed E-state index contributed by atoms with van der Waals surface area (Å²) in [6.07, 6.45) is 5.47. The quantitative estimate of drug-likeness (QED) is 0.822. The number of pyridine rings is 1. The number of rotatable bonds is 4. The maximum absolute atomic E-state index is 11.7. The highest BCUT2D eigenvalue weighted by Gasteiger charge is 2.05. The van der Waals surface area contributed by atoms with E-state index in [2.05, 4.69) is 20.5 Å². The largest absolute Gasteiger partial charge is 0.352 e. The predicted octanol–water partition coefficient (Wildman–Crippen LogP) is 0.972. The first kappa shape index (κ1) is 11.3. The molecule has 0 radical (unpaired) electrons. The zero-order valence-electron chi connectivity index (χ0n) is 9.60. The van der Waals surface area contributed by atoms with Gasteiger partial charge in [0.05, 0.1) is 12.6 Å². The Kier molecular flexibility index (Phi) is 3.49. The molecule has 2 aromatic heterocycles. The number of carbonyl (C=O) groups excluding carboxylic acids is 1. The first-order valence-electron chi connectivity index (χ1n) is 5.40. The molecule has 5 nitrogen and oxygen atoms in total. The Labute approximate surface area is 99.3 Å². The van der Waals surface area contributed by atoms with Crippen molar-refractivity contribution in [3.8, 4) is 0 Å². The van der Waals surface area contributed by atoms with E-state index in [0.717, 1.165) is 16.8 Å². The Bertz CT molecular complexity index is 492. The van der Waals surface area contributed by atoms with Crippen LogP contribution in [0.2, 0.25) is 0 Å². The van der Waals surface area contributed by atoms with Crippen LogP contribution in [0.15, 0.2) is 30.7 Å². The van der Waals surface area contributed by atoms with Gasteiger partial charge in [0.2, 0.25) is 5.91 Å². The molecule has 0 aromatic carbocycles. The minimum Gasteiger partial charge on any atom is -0.352 e. The van der Waals surface area contributed by atoms with Crippen molar-refractivity contribution in [2.24, 2.45) is 0 Å². The van der Waals surface area contributed by atoms with Crippen LogP contribution in [0.25, 0.3) is 0 Å². The molecule has 2 N–H and O–H groups in total. The van der Waals surface area contributed by atoms with Gasteiger partial charge in [-0.05, 0) is 24.6 Å². The third-order valence-electron chi connectivity index (χ3n) is 2.52. The summed E-state index contributed by atoms with van der Waals surface area (Å²) in [6, 6.07) is 3.67. The highest BCUT2D eigenvalue weighted by atomic mass is 16.1. The molecule has 0 aliphatic heterocycles. The summed E-state index contributed by atoms with van der Waals surface area (Å²) in [5, 5.41) is 9.59. The molecule has 0 aliphatic carbocycles. The van der Waals surface area contributed by atoms with E-state index in [1.54, 1.807) is 18.6 Å². The molecule has 0 saturated carbocycles. The van der Waals surface area contributed by atoms with Gasteiger partial charge in [0.15, 0.2) is 0 Å². The minimum absolute atomic E-state index is 0.00296. The Hall–Kier alpha value is -2.17. The van der Waals surface area contributed by atoms with E-state index in [1.807, 2.05) is 19.1 Å². The molecular weight excluding hydrogens is 216 g/mol. The second-order valence-corrected chi connectivity index (χ2v) is 3.83. The van der Waals surface area contributed by atoms with Crippen molar-refractivity contribution in [1.82, 2.24) is 20.5 Å². The first-order chi connectivity index (χ1) is 8.25. The Morgan fingerprint density at radius 2 is 2.18 bits per heavy atom. The van der Waals surface area contributed by atoms with E-state index in [1.165, 1.54) is 0 Å². The fourth-order valence-electron chi connectivity index (χ4n) is 1.50. The van der Waals surface area contributed by atoms with Crippen molar-refractivity contribution < 1.29 is 4.79 Å². The van der Waals surface area contributed by atoms with E-state index in [-0.39, 0.29) is 5.91 Å². The van der Waals surface area contributed by atoms with Gasteiger partial charge in [0, 0.05) is 30.2 Å². The van der Waals surface area contributed by atoms with Gasteiger partial charge in [0.1, 0.15) is 0 Å². The van der Waals surface area contributed by atoms with E-state index in [9.17, 15) is 4.79 Å². The molecule has 88 valence electrons. The lowest BCUT2D eigenvalue weighted by molar-refractivity contribution is -0.120. The normalized spacial score (nSPS) is 10.2. The first-order valence-corrected chi connectivity index (χ1v) is 5.40. The molecule has 2 aromatic rings. The van der Waals surface area contributed by atoms with Gasteiger partial charge in [-0.3, -0.25) is 14.9 Å². The van der Waals surface area contributed by atoms with Gasteiger partial charge in [-0.2, -0.15) is 5.10 Å². The maximum atomic E-state index is 11.7. The van der Waals surface area contributed by atoms with E-state index < -0.39 is 0 Å². The fraction of sp³-hybridized carbons (Fsp3) is 0.250. The second kappa shape index (κ2) is 5.25. The molecule has 0 atom stereocenters. The third kappa shape index (κ3) is 3.14. The number of nitrogens with zero attached hydrogens (tertiary/aromatic N) is 2. The van der Waals surface area contributed by atoms with Crippen LogP contribution in [0.3, 0.4) is 0 Å². The van der Waals surface area contributed by atoms with Gasteiger partial charge in [-0.25, -0.2) is 0 Å². The van der Waals surface area contributed by atoms with E-state index in [4.69, 9.17) is 0 Å². The Morgan fingerprint density at radius 3 is 2.82 bits per heavy atom. The third-order valence-corrected chi connectivity index (χ3v) is 2.52. The standard InChI is InChI=1S/C12H14N4O/c1-9-11(8-15-16-9)7-14-12(17)6-10-2-4-13-5-3-10/h2-5,8H,6-7H2,1H3,(H,14,17)(H,15,16). The van der Waals surface area contributed by atoms with Gasteiger partial charge >= 0.3 is 0 Å². The van der Waals surface area contributed by atoms with Crippen LogP contribution >= 0.6 is 0 Å². The fourth-order valence-corrected chi connectivity index (χ4v) is 1.50. The summed E-state index contributed by atoms with van der Waals surface area (Å²) in [6.45, 7) is 2.43. The van der Waals surface area contributed by atoms with Crippen molar-refractivity contribution in [1.29, 1.82) is 0 Å². The Balaban J connectivity index is 1.84. The van der Waals surface area contributed by atoms with Gasteiger partial charge in [-0.15, -0.1) is 0 Å². The summed E-state index contributed by atoms with van der Waals surface area (Å²) in [5.74, 6) is -0.00296. The molecule has 2 rings (SSSR count). The highest BCUT2D eigenvalue weighted by molar-refractivity contribution is 5.78. The lowest BCUT2D eigenvalue weighted by Crippen LogP contribution is -2.24. The average molecular weight is 230 g/mol. The maximum Gasteiger partial charge on any atom is 0.224 e. The highest BCUT2D eigenvalue weighted by Crippen LogP contribution is 2.02. The number of carbonyl (C=O) groups is 1. The molecule has 0 fully saturated rings. The van der Waals surface area contributed by atoms with Gasteiger partial charge < -0.3 is 5.32 Å². The van der Waals surface area contributed by atoms with Crippen LogP contribution in [-0.2, 0) is 17.8 Å². The van der Waals surface area contributed by atoms with Crippen molar-refractivity contribution >= 4 is 5.91 Å². The SMILES string of the molecule is Cc1[nH]ncc1CNC(=O)Cc1ccncc1. The van der Waals surface area contributed by atoms with E-state index >= 15 is 0 Å². The number of nitrogens with one attached hydrogen (secondary N) is 2.